The lowest BCUT2D eigenvalue weighted by Crippen LogP contribution is -2.46. The fourth-order valence-corrected chi connectivity index (χ4v) is 2.90. The fourth-order valence-electron chi connectivity index (χ4n) is 2.90. The van der Waals surface area contributed by atoms with E-state index in [9.17, 15) is 14.7 Å². The van der Waals surface area contributed by atoms with Gasteiger partial charge in [-0.05, 0) is 24.1 Å². The number of amides is 1. The van der Waals surface area contributed by atoms with Crippen molar-refractivity contribution in [1.29, 1.82) is 0 Å². The van der Waals surface area contributed by atoms with Crippen molar-refractivity contribution in [2.75, 3.05) is 27.4 Å². The number of ether oxygens (including phenoxy) is 2. The molecule has 0 saturated carbocycles. The lowest BCUT2D eigenvalue weighted by atomic mass is 9.84. The van der Waals surface area contributed by atoms with E-state index in [1.165, 1.54) is 0 Å². The van der Waals surface area contributed by atoms with E-state index in [-0.39, 0.29) is 12.3 Å². The fraction of sp³-hybridized carbons (Fsp3) is 0.500. The molecule has 0 radical (unpaired) electrons. The first-order chi connectivity index (χ1) is 10.6. The zero-order valence-corrected chi connectivity index (χ0v) is 12.8. The van der Waals surface area contributed by atoms with E-state index in [2.05, 4.69) is 0 Å². The Bertz CT molecular complexity index is 545. The molecular weight excluding hydrogens is 286 g/mol. The SMILES string of the molecule is COCCN1C(=O)CC[C@@H](C(=O)O)[C@H]1c1cccc(OC)c1. The molecule has 2 rings (SSSR count). The number of aliphatic carboxylic acids is 1. The van der Waals surface area contributed by atoms with Crippen LogP contribution in [0.1, 0.15) is 24.4 Å². The van der Waals surface area contributed by atoms with Crippen LogP contribution in [0, 0.1) is 5.92 Å². The number of carboxylic acid groups (broad SMARTS) is 1. The number of carboxylic acids is 1. The first kappa shape index (κ1) is 16.3. The molecule has 1 fully saturated rings. The zero-order chi connectivity index (χ0) is 16.1. The quantitative estimate of drug-likeness (QED) is 0.866. The maximum atomic E-state index is 12.3. The van der Waals surface area contributed by atoms with E-state index in [1.807, 2.05) is 6.07 Å². The Morgan fingerprint density at radius 2 is 2.18 bits per heavy atom. The van der Waals surface area contributed by atoms with Gasteiger partial charge in [0.05, 0.1) is 25.7 Å². The molecule has 1 aliphatic rings. The third kappa shape index (κ3) is 3.39. The minimum Gasteiger partial charge on any atom is -0.497 e. The van der Waals surface area contributed by atoms with Crippen LogP contribution in [-0.2, 0) is 14.3 Å². The first-order valence-electron chi connectivity index (χ1n) is 7.23. The number of rotatable bonds is 6. The summed E-state index contributed by atoms with van der Waals surface area (Å²) < 4.78 is 10.3. The van der Waals surface area contributed by atoms with Crippen LogP contribution in [0.3, 0.4) is 0 Å². The summed E-state index contributed by atoms with van der Waals surface area (Å²) in [5.74, 6) is -0.905. The van der Waals surface area contributed by atoms with E-state index < -0.39 is 17.9 Å². The molecule has 1 aromatic carbocycles. The van der Waals surface area contributed by atoms with Gasteiger partial charge in [0.15, 0.2) is 0 Å². The monoisotopic (exact) mass is 307 g/mol. The molecule has 6 heteroatoms. The highest BCUT2D eigenvalue weighted by Gasteiger charge is 2.40. The van der Waals surface area contributed by atoms with Crippen molar-refractivity contribution in [3.63, 3.8) is 0 Å². The Morgan fingerprint density at radius 1 is 1.41 bits per heavy atom. The van der Waals surface area contributed by atoms with Gasteiger partial charge in [0.2, 0.25) is 5.91 Å². The molecule has 0 aromatic heterocycles. The number of hydrogen-bond acceptors (Lipinski definition) is 4. The number of methoxy groups -OCH3 is 2. The molecule has 1 N–H and O–H groups in total. The maximum absolute atomic E-state index is 12.3. The predicted molar refractivity (Wildman–Crippen MR) is 79.7 cm³/mol. The summed E-state index contributed by atoms with van der Waals surface area (Å²) in [7, 11) is 3.12. The van der Waals surface area contributed by atoms with Crippen molar-refractivity contribution in [2.24, 2.45) is 5.92 Å². The molecule has 2 atom stereocenters. The van der Waals surface area contributed by atoms with E-state index in [0.717, 1.165) is 5.56 Å². The largest absolute Gasteiger partial charge is 0.497 e. The maximum Gasteiger partial charge on any atom is 0.308 e. The highest BCUT2D eigenvalue weighted by atomic mass is 16.5. The van der Waals surface area contributed by atoms with Gasteiger partial charge in [-0.15, -0.1) is 0 Å². The molecular formula is C16H21NO5. The van der Waals surface area contributed by atoms with Gasteiger partial charge in [-0.3, -0.25) is 9.59 Å². The standard InChI is InChI=1S/C16H21NO5/c1-21-9-8-17-14(18)7-6-13(16(19)20)15(17)11-4-3-5-12(10-11)22-2/h3-5,10,13,15H,6-9H2,1-2H3,(H,19,20)/t13-,15-/m1/s1. The van der Waals surface area contributed by atoms with Crippen LogP contribution in [0.4, 0.5) is 0 Å². The van der Waals surface area contributed by atoms with Gasteiger partial charge >= 0.3 is 5.97 Å². The van der Waals surface area contributed by atoms with Gasteiger partial charge in [-0.25, -0.2) is 0 Å². The molecule has 1 aromatic rings. The average molecular weight is 307 g/mol. The summed E-state index contributed by atoms with van der Waals surface area (Å²) in [4.78, 5) is 25.5. The smallest absolute Gasteiger partial charge is 0.308 e. The number of hydrogen-bond donors (Lipinski definition) is 1. The molecule has 0 unspecified atom stereocenters. The average Bonchev–Trinajstić information content (AvgIpc) is 2.53. The number of likely N-dealkylation sites (tertiary alicyclic amines) is 1. The molecule has 1 aliphatic heterocycles. The molecule has 1 heterocycles. The zero-order valence-electron chi connectivity index (χ0n) is 12.8. The van der Waals surface area contributed by atoms with Crippen molar-refractivity contribution in [2.45, 2.75) is 18.9 Å². The molecule has 22 heavy (non-hydrogen) atoms. The lowest BCUT2D eigenvalue weighted by Gasteiger charge is -2.39. The van der Waals surface area contributed by atoms with Gasteiger partial charge < -0.3 is 19.5 Å². The van der Waals surface area contributed by atoms with Crippen molar-refractivity contribution < 1.29 is 24.2 Å². The van der Waals surface area contributed by atoms with Crippen molar-refractivity contribution in [1.82, 2.24) is 4.90 Å². The minimum atomic E-state index is -0.886. The van der Waals surface area contributed by atoms with E-state index in [1.54, 1.807) is 37.3 Å². The van der Waals surface area contributed by atoms with E-state index in [4.69, 9.17) is 9.47 Å². The van der Waals surface area contributed by atoms with Crippen molar-refractivity contribution in [3.8, 4) is 5.75 Å². The summed E-state index contributed by atoms with van der Waals surface area (Å²) in [5, 5.41) is 9.53. The molecule has 120 valence electrons. The molecule has 0 aliphatic carbocycles. The van der Waals surface area contributed by atoms with Crippen LogP contribution in [0.2, 0.25) is 0 Å². The lowest BCUT2D eigenvalue weighted by molar-refractivity contribution is -0.152. The Hall–Kier alpha value is -2.08. The number of carbonyl (C=O) groups excluding carboxylic acids is 1. The van der Waals surface area contributed by atoms with Crippen molar-refractivity contribution >= 4 is 11.9 Å². The Labute approximate surface area is 129 Å². The number of benzene rings is 1. The second-order valence-corrected chi connectivity index (χ2v) is 5.28. The van der Waals surface area contributed by atoms with Gasteiger partial charge in [-0.2, -0.15) is 0 Å². The summed E-state index contributed by atoms with van der Waals surface area (Å²) in [5.41, 5.74) is 0.774. The molecule has 1 saturated heterocycles. The molecule has 1 amide bonds. The summed E-state index contributed by atoms with van der Waals surface area (Å²) in [6.45, 7) is 0.750. The predicted octanol–water partition coefficient (Wildman–Crippen LogP) is 1.71. The van der Waals surface area contributed by atoms with Gasteiger partial charge in [-0.1, -0.05) is 12.1 Å². The minimum absolute atomic E-state index is 0.0395. The molecule has 0 bridgehead atoms. The van der Waals surface area contributed by atoms with Gasteiger partial charge in [0, 0.05) is 20.1 Å². The van der Waals surface area contributed by atoms with Crippen LogP contribution >= 0.6 is 0 Å². The van der Waals surface area contributed by atoms with Crippen LogP contribution in [0.25, 0.3) is 0 Å². The summed E-state index contributed by atoms with van der Waals surface area (Å²) in [6.07, 6.45) is 0.598. The van der Waals surface area contributed by atoms with Crippen molar-refractivity contribution in [3.05, 3.63) is 29.8 Å². The van der Waals surface area contributed by atoms with E-state index in [0.29, 0.717) is 25.3 Å². The Morgan fingerprint density at radius 3 is 2.82 bits per heavy atom. The highest BCUT2D eigenvalue weighted by molar-refractivity contribution is 5.81. The first-order valence-corrected chi connectivity index (χ1v) is 7.23. The van der Waals surface area contributed by atoms with Gasteiger partial charge in [0.1, 0.15) is 5.75 Å². The van der Waals surface area contributed by atoms with Crippen LogP contribution < -0.4 is 4.74 Å². The normalized spacial score (nSPS) is 21.7. The summed E-state index contributed by atoms with van der Waals surface area (Å²) in [6, 6.07) is 6.73. The molecule has 0 spiro atoms. The number of piperidine rings is 1. The number of carbonyl (C=O) groups is 2. The van der Waals surface area contributed by atoms with E-state index >= 15 is 0 Å². The topological polar surface area (TPSA) is 76.1 Å². The number of nitrogens with zero attached hydrogens (tertiary/aromatic N) is 1. The van der Waals surface area contributed by atoms with Crippen LogP contribution in [-0.4, -0.2) is 49.3 Å². The highest BCUT2D eigenvalue weighted by Crippen LogP contribution is 2.37. The second-order valence-electron chi connectivity index (χ2n) is 5.28. The molecule has 6 nitrogen and oxygen atoms in total. The van der Waals surface area contributed by atoms with Gasteiger partial charge in [0.25, 0.3) is 0 Å². The third-order valence-electron chi connectivity index (χ3n) is 4.00. The second kappa shape index (κ2) is 7.26. The Kier molecular flexibility index (Phi) is 5.38. The summed E-state index contributed by atoms with van der Waals surface area (Å²) >= 11 is 0. The van der Waals surface area contributed by atoms with Crippen LogP contribution in [0.5, 0.6) is 5.75 Å². The third-order valence-corrected chi connectivity index (χ3v) is 4.00. The Balaban J connectivity index is 2.39. The van der Waals surface area contributed by atoms with Crippen LogP contribution in [0.15, 0.2) is 24.3 Å².